The van der Waals surface area contributed by atoms with Gasteiger partial charge >= 0.3 is 0 Å². The van der Waals surface area contributed by atoms with E-state index in [1.54, 1.807) is 31.2 Å². The summed E-state index contributed by atoms with van der Waals surface area (Å²) in [6, 6.07) is 10.6. The standard InChI is InChI=1S/C23H31N3O8S2/c1-5-21(34-18-8-6-17(7-9-18)25(2)35(4,28)29)23(27)24-20-16-19(10-11-22(20)32-3)36(30,31)26-12-14-33-15-13-26/h6-11,16,21H,5,12-15H2,1-4H3,(H,24,27)/t21-/m1/s1. The van der Waals surface area contributed by atoms with Gasteiger partial charge in [0.05, 0.1) is 42.8 Å². The average molecular weight is 542 g/mol. The molecule has 1 N–H and O–H groups in total. The number of hydrogen-bond acceptors (Lipinski definition) is 8. The van der Waals surface area contributed by atoms with Crippen LogP contribution in [0.2, 0.25) is 0 Å². The molecule has 3 rings (SSSR count). The third kappa shape index (κ3) is 6.46. The number of amides is 1. The summed E-state index contributed by atoms with van der Waals surface area (Å²) in [6.45, 7) is 2.91. The zero-order chi connectivity index (χ0) is 26.5. The fraction of sp³-hybridized carbons (Fsp3) is 0.435. The van der Waals surface area contributed by atoms with Crippen molar-refractivity contribution in [3.8, 4) is 11.5 Å². The van der Waals surface area contributed by atoms with Crippen LogP contribution in [0.25, 0.3) is 0 Å². The second-order valence-electron chi connectivity index (χ2n) is 8.11. The Morgan fingerprint density at radius 2 is 1.75 bits per heavy atom. The molecule has 0 unspecified atom stereocenters. The molecule has 0 saturated carbocycles. The molecule has 1 heterocycles. The molecule has 0 aromatic heterocycles. The van der Waals surface area contributed by atoms with Gasteiger partial charge in [0.1, 0.15) is 11.5 Å². The molecule has 198 valence electrons. The van der Waals surface area contributed by atoms with Crippen LogP contribution >= 0.6 is 0 Å². The largest absolute Gasteiger partial charge is 0.495 e. The van der Waals surface area contributed by atoms with Gasteiger partial charge in [0.25, 0.3) is 5.91 Å². The maximum Gasteiger partial charge on any atom is 0.265 e. The molecule has 0 spiro atoms. The molecule has 13 heteroatoms. The minimum atomic E-state index is -3.77. The van der Waals surface area contributed by atoms with E-state index in [1.165, 1.54) is 36.7 Å². The lowest BCUT2D eigenvalue weighted by atomic mass is 10.2. The van der Waals surface area contributed by atoms with Crippen LogP contribution in [0.1, 0.15) is 13.3 Å². The van der Waals surface area contributed by atoms with Crippen molar-refractivity contribution in [3.05, 3.63) is 42.5 Å². The first-order valence-corrected chi connectivity index (χ1v) is 14.5. The number of methoxy groups -OCH3 is 1. The molecule has 0 radical (unpaired) electrons. The molecule has 36 heavy (non-hydrogen) atoms. The highest BCUT2D eigenvalue weighted by molar-refractivity contribution is 7.92. The second kappa shape index (κ2) is 11.5. The fourth-order valence-electron chi connectivity index (χ4n) is 3.51. The van der Waals surface area contributed by atoms with Crippen LogP contribution in [0.3, 0.4) is 0 Å². The molecule has 1 atom stereocenters. The molecule has 2 aromatic rings. The number of anilines is 2. The number of nitrogens with one attached hydrogen (secondary N) is 1. The topological polar surface area (TPSA) is 132 Å². The minimum absolute atomic E-state index is 0.0278. The molecule has 1 fully saturated rings. The van der Waals surface area contributed by atoms with Gasteiger partial charge in [-0.3, -0.25) is 9.10 Å². The summed E-state index contributed by atoms with van der Waals surface area (Å²) in [7, 11) is -4.32. The Labute approximate surface area is 212 Å². The van der Waals surface area contributed by atoms with Crippen LogP contribution in [-0.2, 0) is 29.6 Å². The third-order valence-electron chi connectivity index (χ3n) is 5.68. The van der Waals surface area contributed by atoms with Crippen LogP contribution in [0.15, 0.2) is 47.4 Å². The first-order chi connectivity index (χ1) is 17.0. The highest BCUT2D eigenvalue weighted by Crippen LogP contribution is 2.30. The zero-order valence-electron chi connectivity index (χ0n) is 20.6. The second-order valence-corrected chi connectivity index (χ2v) is 12.1. The van der Waals surface area contributed by atoms with E-state index in [0.717, 1.165) is 10.6 Å². The lowest BCUT2D eigenvalue weighted by Crippen LogP contribution is -2.40. The fourth-order valence-corrected chi connectivity index (χ4v) is 5.45. The van der Waals surface area contributed by atoms with Gasteiger partial charge < -0.3 is 19.5 Å². The number of hydrogen-bond donors (Lipinski definition) is 1. The molecule has 1 saturated heterocycles. The zero-order valence-corrected chi connectivity index (χ0v) is 22.3. The predicted molar refractivity (Wildman–Crippen MR) is 136 cm³/mol. The normalized spacial score (nSPS) is 15.7. The van der Waals surface area contributed by atoms with Gasteiger partial charge in [0.2, 0.25) is 20.0 Å². The first-order valence-electron chi connectivity index (χ1n) is 11.2. The Morgan fingerprint density at radius 3 is 2.31 bits per heavy atom. The number of nitrogens with zero attached hydrogens (tertiary/aromatic N) is 2. The van der Waals surface area contributed by atoms with Gasteiger partial charge in [0, 0.05) is 20.1 Å². The van der Waals surface area contributed by atoms with Gasteiger partial charge in [-0.2, -0.15) is 4.31 Å². The summed E-state index contributed by atoms with van der Waals surface area (Å²) in [5.41, 5.74) is 0.648. The quantitative estimate of drug-likeness (QED) is 0.483. The van der Waals surface area contributed by atoms with Crippen molar-refractivity contribution in [2.45, 2.75) is 24.3 Å². The maximum absolute atomic E-state index is 13.0. The summed E-state index contributed by atoms with van der Waals surface area (Å²) in [6.07, 6.45) is 0.530. The van der Waals surface area contributed by atoms with Crippen molar-refractivity contribution in [2.75, 3.05) is 56.3 Å². The SMILES string of the molecule is CC[C@@H](Oc1ccc(N(C)S(C)(=O)=O)cc1)C(=O)Nc1cc(S(=O)(=O)N2CCOCC2)ccc1OC. The molecule has 2 aromatic carbocycles. The smallest absolute Gasteiger partial charge is 0.265 e. The molecular weight excluding hydrogens is 510 g/mol. The van der Waals surface area contributed by atoms with Crippen LogP contribution in [-0.4, -0.2) is 79.9 Å². The summed E-state index contributed by atoms with van der Waals surface area (Å²) < 4.78 is 68.4. The maximum atomic E-state index is 13.0. The van der Waals surface area contributed by atoms with E-state index >= 15 is 0 Å². The lowest BCUT2D eigenvalue weighted by Gasteiger charge is -2.26. The Balaban J connectivity index is 1.77. The monoisotopic (exact) mass is 541 g/mol. The molecule has 1 aliphatic heterocycles. The van der Waals surface area contributed by atoms with Gasteiger partial charge in [-0.15, -0.1) is 0 Å². The average Bonchev–Trinajstić information content (AvgIpc) is 2.87. The number of sulfonamides is 2. The van der Waals surface area contributed by atoms with Crippen LogP contribution in [0.4, 0.5) is 11.4 Å². The molecule has 0 aliphatic carbocycles. The molecule has 1 amide bonds. The summed E-state index contributed by atoms with van der Waals surface area (Å²) in [5, 5.41) is 2.71. The Morgan fingerprint density at radius 1 is 1.11 bits per heavy atom. The van der Waals surface area contributed by atoms with E-state index in [0.29, 0.717) is 36.8 Å². The van der Waals surface area contributed by atoms with Crippen molar-refractivity contribution < 1.29 is 35.8 Å². The van der Waals surface area contributed by atoms with Crippen molar-refractivity contribution in [3.63, 3.8) is 0 Å². The molecular formula is C23H31N3O8S2. The van der Waals surface area contributed by atoms with Crippen molar-refractivity contribution >= 4 is 37.3 Å². The van der Waals surface area contributed by atoms with E-state index in [-0.39, 0.29) is 23.7 Å². The summed E-state index contributed by atoms with van der Waals surface area (Å²) >= 11 is 0. The number of rotatable bonds is 10. The number of carbonyl (C=O) groups excluding carboxylic acids is 1. The third-order valence-corrected chi connectivity index (χ3v) is 8.78. The Hall–Kier alpha value is -2.87. The lowest BCUT2D eigenvalue weighted by molar-refractivity contribution is -0.122. The number of ether oxygens (including phenoxy) is 3. The molecule has 11 nitrogen and oxygen atoms in total. The first kappa shape index (κ1) is 27.7. The van der Waals surface area contributed by atoms with Gasteiger partial charge in [-0.05, 0) is 48.9 Å². The number of morpholine rings is 1. The highest BCUT2D eigenvalue weighted by Gasteiger charge is 2.28. The predicted octanol–water partition coefficient (Wildman–Crippen LogP) is 1.91. The highest BCUT2D eigenvalue weighted by atomic mass is 32.2. The van der Waals surface area contributed by atoms with Crippen LogP contribution < -0.4 is 19.1 Å². The van der Waals surface area contributed by atoms with E-state index in [4.69, 9.17) is 14.2 Å². The Bertz CT molecular complexity index is 1270. The molecule has 0 bridgehead atoms. The minimum Gasteiger partial charge on any atom is -0.495 e. The van der Waals surface area contributed by atoms with Crippen molar-refractivity contribution in [2.24, 2.45) is 0 Å². The Kier molecular flexibility index (Phi) is 8.82. The number of carbonyl (C=O) groups is 1. The van der Waals surface area contributed by atoms with Gasteiger partial charge in [-0.25, -0.2) is 16.8 Å². The van der Waals surface area contributed by atoms with E-state index in [1.807, 2.05) is 0 Å². The van der Waals surface area contributed by atoms with Gasteiger partial charge in [-0.1, -0.05) is 6.92 Å². The van der Waals surface area contributed by atoms with Crippen molar-refractivity contribution in [1.29, 1.82) is 0 Å². The van der Waals surface area contributed by atoms with Crippen LogP contribution in [0.5, 0.6) is 11.5 Å². The van der Waals surface area contributed by atoms with Gasteiger partial charge in [0.15, 0.2) is 6.10 Å². The van der Waals surface area contributed by atoms with Crippen molar-refractivity contribution in [1.82, 2.24) is 4.31 Å². The van der Waals surface area contributed by atoms with E-state index < -0.39 is 32.1 Å². The molecule has 1 aliphatic rings. The summed E-state index contributed by atoms with van der Waals surface area (Å²) in [5.74, 6) is 0.180. The number of benzene rings is 2. The van der Waals surface area contributed by atoms with E-state index in [9.17, 15) is 21.6 Å². The van der Waals surface area contributed by atoms with Crippen LogP contribution in [0, 0.1) is 0 Å². The summed E-state index contributed by atoms with van der Waals surface area (Å²) in [4.78, 5) is 13.1. The van der Waals surface area contributed by atoms with E-state index in [2.05, 4.69) is 5.32 Å².